The molecule has 60 heavy (non-hydrogen) atoms. The third-order valence-electron chi connectivity index (χ3n) is 9.34. The Hall–Kier alpha value is -6.56. The van der Waals surface area contributed by atoms with E-state index >= 15 is 0 Å². The van der Waals surface area contributed by atoms with E-state index < -0.39 is 0 Å². The minimum absolute atomic E-state index is 0.115. The fourth-order valence-electron chi connectivity index (χ4n) is 5.83. The van der Waals surface area contributed by atoms with E-state index in [2.05, 4.69) is 32.1 Å². The lowest BCUT2D eigenvalue weighted by Gasteiger charge is -2.13. The Labute approximate surface area is 353 Å². The second-order valence-electron chi connectivity index (χ2n) is 13.4. The fourth-order valence-corrected chi connectivity index (χ4v) is 5.83. The highest BCUT2D eigenvalue weighted by atomic mass is 16.5. The third-order valence-corrected chi connectivity index (χ3v) is 9.34. The van der Waals surface area contributed by atoms with Crippen LogP contribution in [0.15, 0.2) is 122 Å². The molecule has 0 spiro atoms. The molecule has 0 saturated heterocycles. The Kier molecular flexibility index (Phi) is 24.7. The average Bonchev–Trinajstić information content (AvgIpc) is 3.25. The van der Waals surface area contributed by atoms with E-state index in [0.29, 0.717) is 12.8 Å². The monoisotopic (exact) mass is 828 g/mol. The molecule has 324 valence electrons. The van der Waals surface area contributed by atoms with E-state index in [1.807, 2.05) is 38.1 Å². The van der Waals surface area contributed by atoms with Gasteiger partial charge in [-0.25, -0.2) is 0 Å². The average molecular weight is 829 g/mol. The van der Waals surface area contributed by atoms with Crippen LogP contribution in [0.4, 0.5) is 0 Å². The van der Waals surface area contributed by atoms with Gasteiger partial charge in [0.15, 0.2) is 0 Å². The van der Waals surface area contributed by atoms with E-state index in [4.69, 9.17) is 0 Å². The molecule has 12 nitrogen and oxygen atoms in total. The van der Waals surface area contributed by atoms with Crippen LogP contribution in [0.2, 0.25) is 0 Å². The first-order valence-electron chi connectivity index (χ1n) is 19.4. The maximum Gasteiger partial charge on any atom is 0.306 e. The SMILES string of the molecule is C=C[C@@H](CC(=O)OC)c1cccc(O)c1.C=C[C@H](CC(=O)OC)c1cccc(O)c1.CC[C@@H](CC(=O)OC)c1cccc(O)c1.CC[C@H](CC(=O)OC)c1cccc(O)c1. The predicted octanol–water partition coefficient (Wildman–Crippen LogP) is 9.35. The summed E-state index contributed by atoms with van der Waals surface area (Å²) in [6.07, 6.45) is 6.23. The Morgan fingerprint density at radius 2 is 0.717 bits per heavy atom. The quantitative estimate of drug-likeness (QED) is 0.0477. The number of benzene rings is 4. The zero-order valence-electron chi connectivity index (χ0n) is 35.4. The lowest BCUT2D eigenvalue weighted by atomic mass is 9.93. The highest BCUT2D eigenvalue weighted by molar-refractivity contribution is 5.72. The lowest BCUT2D eigenvalue weighted by Crippen LogP contribution is -2.07. The molecule has 0 radical (unpaired) electrons. The zero-order valence-corrected chi connectivity index (χ0v) is 35.4. The minimum Gasteiger partial charge on any atom is -0.508 e. The number of esters is 4. The maximum atomic E-state index is 11.2. The maximum absolute atomic E-state index is 11.2. The first-order valence-corrected chi connectivity index (χ1v) is 19.4. The van der Waals surface area contributed by atoms with E-state index in [9.17, 15) is 39.6 Å². The second kappa shape index (κ2) is 28.8. The Morgan fingerprint density at radius 1 is 0.467 bits per heavy atom. The summed E-state index contributed by atoms with van der Waals surface area (Å²) < 4.78 is 18.4. The smallest absolute Gasteiger partial charge is 0.306 e. The molecule has 0 saturated carbocycles. The van der Waals surface area contributed by atoms with Gasteiger partial charge in [0.25, 0.3) is 0 Å². The summed E-state index contributed by atoms with van der Waals surface area (Å²) in [4.78, 5) is 44.5. The van der Waals surface area contributed by atoms with Gasteiger partial charge in [0, 0.05) is 11.8 Å². The van der Waals surface area contributed by atoms with Gasteiger partial charge in [0.1, 0.15) is 23.0 Å². The summed E-state index contributed by atoms with van der Waals surface area (Å²) in [6.45, 7) is 11.4. The van der Waals surface area contributed by atoms with Crippen LogP contribution in [0, 0.1) is 0 Å². The largest absolute Gasteiger partial charge is 0.508 e. The number of carbonyl (C=O) groups is 4. The summed E-state index contributed by atoms with van der Waals surface area (Å²) >= 11 is 0. The van der Waals surface area contributed by atoms with Crippen LogP contribution in [0.5, 0.6) is 23.0 Å². The molecule has 0 unspecified atom stereocenters. The summed E-state index contributed by atoms with van der Waals surface area (Å²) in [5.41, 5.74) is 3.66. The number of methoxy groups -OCH3 is 4. The van der Waals surface area contributed by atoms with Crippen molar-refractivity contribution in [1.29, 1.82) is 0 Å². The van der Waals surface area contributed by atoms with Crippen molar-refractivity contribution in [2.24, 2.45) is 0 Å². The Morgan fingerprint density at radius 3 is 0.950 bits per heavy atom. The van der Waals surface area contributed by atoms with Gasteiger partial charge >= 0.3 is 23.9 Å². The molecular weight excluding hydrogens is 769 g/mol. The lowest BCUT2D eigenvalue weighted by molar-refractivity contribution is -0.142. The van der Waals surface area contributed by atoms with Gasteiger partial charge in [0.2, 0.25) is 0 Å². The number of aromatic hydroxyl groups is 4. The standard InChI is InChI=1S/2C12H16O3.2C12H14O3/c4*1-3-9(8-12(14)15-2)10-5-4-6-11(13)7-10/h2*4-7,9,13H,3,8H2,1-2H3;2*3-7,9,13H,1,8H2,2H3/t4*9-/m1010/s1. The number of hydrogen-bond donors (Lipinski definition) is 4. The van der Waals surface area contributed by atoms with Gasteiger partial charge < -0.3 is 39.4 Å². The van der Waals surface area contributed by atoms with Crippen molar-refractivity contribution in [3.8, 4) is 23.0 Å². The molecule has 0 aliphatic heterocycles. The molecule has 4 N–H and O–H groups in total. The van der Waals surface area contributed by atoms with Crippen molar-refractivity contribution in [3.05, 3.63) is 145 Å². The number of phenolic OH excluding ortho intramolecular Hbond substituents is 4. The molecule has 12 heteroatoms. The Balaban J connectivity index is 0.000000400. The van der Waals surface area contributed by atoms with Crippen LogP contribution in [-0.2, 0) is 38.1 Å². The van der Waals surface area contributed by atoms with Crippen LogP contribution in [0.3, 0.4) is 0 Å². The topological polar surface area (TPSA) is 186 Å². The first kappa shape index (κ1) is 51.5. The van der Waals surface area contributed by atoms with Gasteiger partial charge in [-0.1, -0.05) is 74.5 Å². The number of phenols is 4. The zero-order chi connectivity index (χ0) is 45.0. The summed E-state index contributed by atoms with van der Waals surface area (Å²) in [5.74, 6) is -0.190. The number of ether oxygens (including phenoxy) is 4. The first-order chi connectivity index (χ1) is 28.7. The molecule has 4 aromatic rings. The van der Waals surface area contributed by atoms with E-state index in [1.54, 1.807) is 84.9 Å². The van der Waals surface area contributed by atoms with Crippen LogP contribution in [-0.4, -0.2) is 72.7 Å². The minimum atomic E-state index is -0.289. The molecule has 0 heterocycles. The highest BCUT2D eigenvalue weighted by Gasteiger charge is 2.17. The van der Waals surface area contributed by atoms with Crippen LogP contribution >= 0.6 is 0 Å². The van der Waals surface area contributed by atoms with Crippen molar-refractivity contribution in [1.82, 2.24) is 0 Å². The molecule has 0 amide bonds. The van der Waals surface area contributed by atoms with Gasteiger partial charge in [-0.3, -0.25) is 19.2 Å². The Bertz CT molecular complexity index is 1800. The van der Waals surface area contributed by atoms with E-state index in [-0.39, 0.29) is 83.4 Å². The molecule has 0 aliphatic rings. The van der Waals surface area contributed by atoms with E-state index in [1.165, 1.54) is 28.4 Å². The summed E-state index contributed by atoms with van der Waals surface area (Å²) in [6, 6.07) is 27.6. The molecular formula is C48H60O12. The molecule has 0 fully saturated rings. The molecule has 0 bridgehead atoms. The van der Waals surface area contributed by atoms with Crippen molar-refractivity contribution in [2.45, 2.75) is 76.0 Å². The van der Waals surface area contributed by atoms with Crippen LogP contribution in [0.1, 0.15) is 98.3 Å². The summed E-state index contributed by atoms with van der Waals surface area (Å²) in [7, 11) is 5.48. The number of rotatable bonds is 16. The fraction of sp³-hybridized carbons (Fsp3) is 0.333. The van der Waals surface area contributed by atoms with Crippen molar-refractivity contribution in [3.63, 3.8) is 0 Å². The molecule has 0 aromatic heterocycles. The number of carbonyl (C=O) groups excluding carboxylic acids is 4. The van der Waals surface area contributed by atoms with Gasteiger partial charge in [-0.05, 0) is 95.5 Å². The van der Waals surface area contributed by atoms with Crippen LogP contribution < -0.4 is 0 Å². The number of allylic oxidation sites excluding steroid dienone is 2. The molecule has 0 aliphatic carbocycles. The normalized spacial score (nSPS) is 12.0. The van der Waals surface area contributed by atoms with Gasteiger partial charge in [-0.2, -0.15) is 0 Å². The van der Waals surface area contributed by atoms with Crippen LogP contribution in [0.25, 0.3) is 0 Å². The molecule has 4 atom stereocenters. The highest BCUT2D eigenvalue weighted by Crippen LogP contribution is 2.28. The molecule has 4 rings (SSSR count). The van der Waals surface area contributed by atoms with Gasteiger partial charge in [-0.15, -0.1) is 13.2 Å². The van der Waals surface area contributed by atoms with Crippen molar-refractivity contribution >= 4 is 23.9 Å². The van der Waals surface area contributed by atoms with E-state index in [0.717, 1.165) is 35.1 Å². The second-order valence-corrected chi connectivity index (χ2v) is 13.4. The molecule has 4 aromatic carbocycles. The van der Waals surface area contributed by atoms with Gasteiger partial charge in [0.05, 0.1) is 54.1 Å². The predicted molar refractivity (Wildman–Crippen MR) is 231 cm³/mol. The van der Waals surface area contributed by atoms with Crippen molar-refractivity contribution < 1.29 is 58.6 Å². The number of hydrogen-bond acceptors (Lipinski definition) is 12. The summed E-state index contributed by atoms with van der Waals surface area (Å²) in [5, 5.41) is 37.3. The van der Waals surface area contributed by atoms with Crippen molar-refractivity contribution in [2.75, 3.05) is 28.4 Å². The third kappa shape index (κ3) is 19.7.